The van der Waals surface area contributed by atoms with Crippen molar-refractivity contribution < 1.29 is 22.3 Å². The Morgan fingerprint density at radius 3 is 2.12 bits per heavy atom. The summed E-state index contributed by atoms with van der Waals surface area (Å²) < 4.78 is 50.3. The van der Waals surface area contributed by atoms with Gasteiger partial charge in [0.15, 0.2) is 0 Å². The van der Waals surface area contributed by atoms with Crippen LogP contribution in [0.25, 0.3) is 0 Å². The van der Waals surface area contributed by atoms with Crippen LogP contribution in [0.5, 0.6) is 11.5 Å². The lowest BCUT2D eigenvalue weighted by Crippen LogP contribution is -2.43. The van der Waals surface area contributed by atoms with Crippen LogP contribution >= 0.6 is 0 Å². The molecule has 0 amide bonds. The summed E-state index contributed by atoms with van der Waals surface area (Å²) >= 11 is 0. The van der Waals surface area contributed by atoms with Crippen LogP contribution in [0, 0.1) is 0 Å². The molecule has 0 aliphatic carbocycles. The van der Waals surface area contributed by atoms with E-state index in [4.69, 9.17) is 9.16 Å². The zero-order chi connectivity index (χ0) is 19.6. The molecule has 142 valence electrons. The Balaban J connectivity index is 2.08. The van der Waals surface area contributed by atoms with Gasteiger partial charge in [-0.05, 0) is 48.0 Å². The number of ether oxygens (including phenoxy) is 1. The second kappa shape index (κ2) is 7.35. The number of hydrogen-bond acceptors (Lipinski definition) is 2. The van der Waals surface area contributed by atoms with Gasteiger partial charge in [-0.1, -0.05) is 39.0 Å². The Kier molecular flexibility index (Phi) is 5.75. The quantitative estimate of drug-likeness (QED) is 0.538. The van der Waals surface area contributed by atoms with E-state index in [1.165, 1.54) is 6.07 Å². The molecule has 0 spiro atoms. The van der Waals surface area contributed by atoms with E-state index in [9.17, 15) is 13.2 Å². The first kappa shape index (κ1) is 20.4. The first-order chi connectivity index (χ1) is 11.9. The number of rotatable bonds is 5. The van der Waals surface area contributed by atoms with Crippen LogP contribution in [-0.2, 0) is 12.8 Å². The predicted molar refractivity (Wildman–Crippen MR) is 100 cm³/mol. The lowest BCUT2D eigenvalue weighted by atomic mass is 10.1. The molecule has 0 heterocycles. The Labute approximate surface area is 154 Å². The van der Waals surface area contributed by atoms with Crippen molar-refractivity contribution in [1.82, 2.24) is 0 Å². The minimum Gasteiger partial charge on any atom is -0.543 e. The van der Waals surface area contributed by atoms with Crippen LogP contribution < -0.4 is 9.16 Å². The summed E-state index contributed by atoms with van der Waals surface area (Å²) in [6.45, 7) is 10.9. The molecule has 2 aromatic rings. The summed E-state index contributed by atoms with van der Waals surface area (Å²) in [5.41, 5.74) is -0.204. The second-order valence-electron chi connectivity index (χ2n) is 7.82. The summed E-state index contributed by atoms with van der Waals surface area (Å²) in [5.74, 6) is 1.29. The second-order valence-corrected chi connectivity index (χ2v) is 12.5. The minimum atomic E-state index is -4.35. The summed E-state index contributed by atoms with van der Waals surface area (Å²) in [5, 5.41) is 0.0713. The highest BCUT2D eigenvalue weighted by Gasteiger charge is 2.39. The van der Waals surface area contributed by atoms with E-state index in [1.807, 2.05) is 12.1 Å². The topological polar surface area (TPSA) is 18.5 Å². The molecular weight excluding hydrogens is 357 g/mol. The van der Waals surface area contributed by atoms with Gasteiger partial charge in [0.25, 0.3) is 0 Å². The fourth-order valence-electron chi connectivity index (χ4n) is 2.08. The average molecular weight is 382 g/mol. The molecule has 0 fully saturated rings. The van der Waals surface area contributed by atoms with Crippen molar-refractivity contribution in [1.29, 1.82) is 0 Å². The van der Waals surface area contributed by atoms with E-state index in [0.717, 1.165) is 17.9 Å². The number of alkyl halides is 3. The lowest BCUT2D eigenvalue weighted by molar-refractivity contribution is -0.137. The highest BCUT2D eigenvalue weighted by molar-refractivity contribution is 6.74. The van der Waals surface area contributed by atoms with Gasteiger partial charge in [0.05, 0.1) is 5.56 Å². The SMILES string of the molecule is CC(C)(C)[Si](C)(C)Oc1cccc(OCc2cccc(C(F)(F)F)c2)c1. The maximum atomic E-state index is 12.8. The number of benzene rings is 2. The molecule has 2 rings (SSSR count). The van der Waals surface area contributed by atoms with Crippen LogP contribution in [0.3, 0.4) is 0 Å². The third kappa shape index (κ3) is 5.27. The third-order valence-electron chi connectivity index (χ3n) is 4.64. The van der Waals surface area contributed by atoms with E-state index in [-0.39, 0.29) is 11.6 Å². The van der Waals surface area contributed by atoms with E-state index in [1.54, 1.807) is 18.2 Å². The van der Waals surface area contributed by atoms with Crippen molar-refractivity contribution in [3.8, 4) is 11.5 Å². The van der Waals surface area contributed by atoms with Crippen molar-refractivity contribution in [3.05, 3.63) is 59.7 Å². The summed E-state index contributed by atoms with van der Waals surface area (Å²) in [6, 6.07) is 12.4. The molecule has 0 bridgehead atoms. The van der Waals surface area contributed by atoms with Crippen molar-refractivity contribution in [3.63, 3.8) is 0 Å². The largest absolute Gasteiger partial charge is 0.543 e. The third-order valence-corrected chi connectivity index (χ3v) is 9.00. The van der Waals surface area contributed by atoms with Crippen LogP contribution in [0.1, 0.15) is 31.9 Å². The molecule has 2 aromatic carbocycles. The lowest BCUT2D eigenvalue weighted by Gasteiger charge is -2.36. The zero-order valence-electron chi connectivity index (χ0n) is 15.8. The fourth-order valence-corrected chi connectivity index (χ4v) is 3.10. The average Bonchev–Trinajstić information content (AvgIpc) is 2.51. The Hall–Kier alpha value is -1.95. The molecule has 0 unspecified atom stereocenters. The molecule has 26 heavy (non-hydrogen) atoms. The predicted octanol–water partition coefficient (Wildman–Crippen LogP) is 6.67. The fraction of sp³-hybridized carbons (Fsp3) is 0.400. The molecule has 0 saturated carbocycles. The normalized spacial score (nSPS) is 12.8. The van der Waals surface area contributed by atoms with E-state index >= 15 is 0 Å². The first-order valence-electron chi connectivity index (χ1n) is 8.46. The van der Waals surface area contributed by atoms with E-state index in [0.29, 0.717) is 11.3 Å². The summed E-state index contributed by atoms with van der Waals surface area (Å²) in [4.78, 5) is 0. The van der Waals surface area contributed by atoms with Crippen molar-refractivity contribution in [2.24, 2.45) is 0 Å². The standard InChI is InChI=1S/C20H25F3O2Si/c1-19(2,3)26(4,5)25-18-11-7-10-17(13-18)24-14-15-8-6-9-16(12-15)20(21,22)23/h6-13H,14H2,1-5H3. The highest BCUT2D eigenvalue weighted by Crippen LogP contribution is 2.38. The Morgan fingerprint density at radius 1 is 0.885 bits per heavy atom. The maximum absolute atomic E-state index is 12.8. The van der Waals surface area contributed by atoms with Crippen molar-refractivity contribution in [2.75, 3.05) is 0 Å². The molecule has 0 aliphatic rings. The number of hydrogen-bond donors (Lipinski definition) is 0. The van der Waals surface area contributed by atoms with E-state index in [2.05, 4.69) is 33.9 Å². The van der Waals surface area contributed by atoms with Crippen LogP contribution in [0.2, 0.25) is 18.1 Å². The van der Waals surface area contributed by atoms with Crippen LogP contribution in [0.15, 0.2) is 48.5 Å². The molecule has 0 saturated heterocycles. The molecule has 0 radical (unpaired) electrons. The number of halogens is 3. The Morgan fingerprint density at radius 2 is 1.50 bits per heavy atom. The highest BCUT2D eigenvalue weighted by atomic mass is 28.4. The molecule has 2 nitrogen and oxygen atoms in total. The summed E-state index contributed by atoms with van der Waals surface area (Å²) in [6.07, 6.45) is -4.35. The van der Waals surface area contributed by atoms with Gasteiger partial charge in [-0.25, -0.2) is 0 Å². The van der Waals surface area contributed by atoms with Gasteiger partial charge in [-0.3, -0.25) is 0 Å². The monoisotopic (exact) mass is 382 g/mol. The van der Waals surface area contributed by atoms with Crippen LogP contribution in [-0.4, -0.2) is 8.32 Å². The van der Waals surface area contributed by atoms with Gasteiger partial charge in [-0.2, -0.15) is 13.2 Å². The molecular formula is C20H25F3O2Si. The van der Waals surface area contributed by atoms with Crippen molar-refractivity contribution in [2.45, 2.75) is 51.7 Å². The molecule has 0 N–H and O–H groups in total. The Bertz CT molecular complexity index is 749. The smallest absolute Gasteiger partial charge is 0.416 e. The minimum absolute atomic E-state index is 0.0630. The summed E-state index contributed by atoms with van der Waals surface area (Å²) in [7, 11) is -1.96. The van der Waals surface area contributed by atoms with Gasteiger partial charge < -0.3 is 9.16 Å². The molecule has 0 aliphatic heterocycles. The molecule has 0 aromatic heterocycles. The van der Waals surface area contributed by atoms with Gasteiger partial charge in [0.1, 0.15) is 18.1 Å². The van der Waals surface area contributed by atoms with Gasteiger partial charge in [0.2, 0.25) is 8.32 Å². The van der Waals surface area contributed by atoms with Gasteiger partial charge >= 0.3 is 6.18 Å². The van der Waals surface area contributed by atoms with Gasteiger partial charge in [0, 0.05) is 6.07 Å². The van der Waals surface area contributed by atoms with E-state index < -0.39 is 20.1 Å². The first-order valence-corrected chi connectivity index (χ1v) is 11.4. The molecule has 0 atom stereocenters. The van der Waals surface area contributed by atoms with Gasteiger partial charge in [-0.15, -0.1) is 0 Å². The maximum Gasteiger partial charge on any atom is 0.416 e. The van der Waals surface area contributed by atoms with Crippen LogP contribution in [0.4, 0.5) is 13.2 Å². The molecule has 6 heteroatoms. The van der Waals surface area contributed by atoms with Crippen molar-refractivity contribution >= 4 is 8.32 Å². The zero-order valence-corrected chi connectivity index (χ0v) is 16.8.